The van der Waals surface area contributed by atoms with Crippen LogP contribution in [0.15, 0.2) is 0 Å². The molecule has 1 unspecified atom stereocenters. The number of likely N-dealkylation sites (tertiary alicyclic amines) is 1. The summed E-state index contributed by atoms with van der Waals surface area (Å²) in [5, 5.41) is 9.79. The van der Waals surface area contributed by atoms with Gasteiger partial charge in [0.25, 0.3) is 0 Å². The Labute approximate surface area is 188 Å². The summed E-state index contributed by atoms with van der Waals surface area (Å²) in [6, 6.07) is 2.50. The number of hydrogen-bond acceptors (Lipinski definition) is 5. The molecule has 0 N–H and O–H groups in total. The van der Waals surface area contributed by atoms with Gasteiger partial charge >= 0.3 is 6.09 Å². The van der Waals surface area contributed by atoms with Crippen molar-refractivity contribution in [1.82, 2.24) is 14.7 Å². The van der Waals surface area contributed by atoms with Gasteiger partial charge in [-0.3, -0.25) is 9.69 Å². The molecule has 0 aromatic rings. The van der Waals surface area contributed by atoms with Crippen LogP contribution < -0.4 is 0 Å². The van der Waals surface area contributed by atoms with E-state index in [1.165, 1.54) is 0 Å². The van der Waals surface area contributed by atoms with Crippen molar-refractivity contribution in [1.29, 1.82) is 5.26 Å². The topological polar surface area (TPSA) is 76.9 Å². The quantitative estimate of drug-likeness (QED) is 0.631. The monoisotopic (exact) mass is 434 g/mol. The van der Waals surface area contributed by atoms with Crippen LogP contribution in [0.5, 0.6) is 0 Å². The Morgan fingerprint density at radius 1 is 1.19 bits per heavy atom. The highest BCUT2D eigenvalue weighted by Crippen LogP contribution is 2.32. The summed E-state index contributed by atoms with van der Waals surface area (Å²) in [6.45, 7) is 12.3. The Morgan fingerprint density at radius 2 is 1.84 bits per heavy atom. The van der Waals surface area contributed by atoms with Crippen molar-refractivity contribution in [2.45, 2.75) is 96.7 Å². The van der Waals surface area contributed by atoms with Crippen molar-refractivity contribution >= 4 is 12.0 Å². The highest BCUT2D eigenvalue weighted by atomic mass is 16.6. The van der Waals surface area contributed by atoms with Gasteiger partial charge in [-0.15, -0.1) is 0 Å². The summed E-state index contributed by atoms with van der Waals surface area (Å²) in [5.41, 5.74) is -1.16. The number of hydrogen-bond donors (Lipinski definition) is 0. The summed E-state index contributed by atoms with van der Waals surface area (Å²) in [7, 11) is 1.79. The first-order chi connectivity index (χ1) is 14.5. The average molecular weight is 435 g/mol. The predicted octanol–water partition coefficient (Wildman–Crippen LogP) is 4.03. The summed E-state index contributed by atoms with van der Waals surface area (Å²) < 4.78 is 5.60. The lowest BCUT2D eigenvalue weighted by Gasteiger charge is -2.41. The van der Waals surface area contributed by atoms with Crippen LogP contribution in [0.25, 0.3) is 0 Å². The van der Waals surface area contributed by atoms with Gasteiger partial charge in [0.15, 0.2) is 0 Å². The molecule has 176 valence electrons. The van der Waals surface area contributed by atoms with E-state index in [4.69, 9.17) is 4.74 Å². The Balaban J connectivity index is 1.95. The summed E-state index contributed by atoms with van der Waals surface area (Å²) in [5.74, 6) is 0.332. The van der Waals surface area contributed by atoms with Crippen molar-refractivity contribution in [3.8, 4) is 6.07 Å². The number of carbonyl (C=O) groups is 2. The first kappa shape index (κ1) is 25.5. The van der Waals surface area contributed by atoms with Crippen LogP contribution in [0.4, 0.5) is 4.79 Å². The summed E-state index contributed by atoms with van der Waals surface area (Å²) in [4.78, 5) is 31.4. The second-order valence-electron chi connectivity index (χ2n) is 10.6. The van der Waals surface area contributed by atoms with E-state index < -0.39 is 11.1 Å². The molecule has 1 atom stereocenters. The third kappa shape index (κ3) is 7.10. The number of amides is 2. The van der Waals surface area contributed by atoms with Gasteiger partial charge in [-0.25, -0.2) is 4.79 Å². The minimum absolute atomic E-state index is 0.0250. The number of ether oxygens (including phenoxy) is 1. The minimum Gasteiger partial charge on any atom is -0.444 e. The average Bonchev–Trinajstić information content (AvgIpc) is 2.70. The molecule has 0 aromatic heterocycles. The highest BCUT2D eigenvalue weighted by molar-refractivity contribution is 5.79. The number of piperidine rings is 1. The summed E-state index contributed by atoms with van der Waals surface area (Å²) >= 11 is 0. The first-order valence-corrected chi connectivity index (χ1v) is 11.9. The largest absolute Gasteiger partial charge is 0.444 e. The van der Waals surface area contributed by atoms with E-state index in [-0.39, 0.29) is 18.0 Å². The third-order valence-electron chi connectivity index (χ3n) is 6.57. The van der Waals surface area contributed by atoms with Crippen LogP contribution in [-0.4, -0.2) is 77.1 Å². The molecule has 2 rings (SSSR count). The minimum atomic E-state index is -0.643. The van der Waals surface area contributed by atoms with Gasteiger partial charge in [-0.2, -0.15) is 5.26 Å². The maximum Gasteiger partial charge on any atom is 0.410 e. The molecule has 1 heterocycles. The molecular weight excluding hydrogens is 392 g/mol. The fourth-order valence-electron chi connectivity index (χ4n) is 4.73. The SMILES string of the molecule is CC(C)N(CC1CCCN(CC(=O)N(C)C2(C#N)CCCCC2)C1)C(=O)OC(C)(C)C. The van der Waals surface area contributed by atoms with Crippen LogP contribution in [-0.2, 0) is 9.53 Å². The molecule has 0 aromatic carbocycles. The van der Waals surface area contributed by atoms with Crippen molar-refractivity contribution in [3.05, 3.63) is 0 Å². The number of rotatable bonds is 6. The molecule has 0 radical (unpaired) electrons. The Bertz CT molecular complexity index is 659. The number of carbonyl (C=O) groups excluding carboxylic acids is 2. The Kier molecular flexibility index (Phi) is 8.76. The molecule has 1 aliphatic carbocycles. The second-order valence-corrected chi connectivity index (χ2v) is 10.6. The van der Waals surface area contributed by atoms with Crippen molar-refractivity contribution in [2.24, 2.45) is 5.92 Å². The van der Waals surface area contributed by atoms with E-state index in [0.717, 1.165) is 58.0 Å². The maximum atomic E-state index is 13.0. The smallest absolute Gasteiger partial charge is 0.410 e. The Hall–Kier alpha value is -1.81. The Morgan fingerprint density at radius 3 is 2.39 bits per heavy atom. The van der Waals surface area contributed by atoms with Gasteiger partial charge in [-0.05, 0) is 72.8 Å². The van der Waals surface area contributed by atoms with Crippen LogP contribution in [0.3, 0.4) is 0 Å². The van der Waals surface area contributed by atoms with Gasteiger partial charge in [0.1, 0.15) is 11.1 Å². The van der Waals surface area contributed by atoms with Crippen LogP contribution in [0.2, 0.25) is 0 Å². The van der Waals surface area contributed by atoms with Crippen LogP contribution in [0.1, 0.15) is 79.6 Å². The zero-order valence-corrected chi connectivity index (χ0v) is 20.4. The fraction of sp³-hybridized carbons (Fsp3) is 0.875. The molecule has 2 aliphatic rings. The van der Waals surface area contributed by atoms with E-state index in [1.54, 1.807) is 16.8 Å². The molecule has 1 saturated carbocycles. The highest BCUT2D eigenvalue weighted by Gasteiger charge is 2.39. The van der Waals surface area contributed by atoms with E-state index in [9.17, 15) is 14.9 Å². The number of nitrogens with zero attached hydrogens (tertiary/aromatic N) is 4. The van der Waals surface area contributed by atoms with Gasteiger partial charge < -0.3 is 14.5 Å². The van der Waals surface area contributed by atoms with E-state index in [2.05, 4.69) is 11.0 Å². The van der Waals surface area contributed by atoms with E-state index >= 15 is 0 Å². The lowest BCUT2D eigenvalue weighted by Crippen LogP contribution is -2.54. The lowest BCUT2D eigenvalue weighted by atomic mass is 9.81. The normalized spacial score (nSPS) is 21.9. The molecule has 1 saturated heterocycles. The van der Waals surface area contributed by atoms with Crippen LogP contribution in [0, 0.1) is 17.2 Å². The molecule has 7 heteroatoms. The van der Waals surface area contributed by atoms with E-state index in [1.807, 2.05) is 34.6 Å². The second kappa shape index (κ2) is 10.7. The molecule has 7 nitrogen and oxygen atoms in total. The maximum absolute atomic E-state index is 13.0. The molecule has 0 spiro atoms. The molecule has 0 bridgehead atoms. The van der Waals surface area contributed by atoms with Crippen molar-refractivity contribution in [3.63, 3.8) is 0 Å². The lowest BCUT2D eigenvalue weighted by molar-refractivity contribution is -0.136. The van der Waals surface area contributed by atoms with Gasteiger partial charge in [0.2, 0.25) is 5.91 Å². The zero-order valence-electron chi connectivity index (χ0n) is 20.4. The van der Waals surface area contributed by atoms with Gasteiger partial charge in [0, 0.05) is 26.2 Å². The van der Waals surface area contributed by atoms with Crippen LogP contribution >= 0.6 is 0 Å². The number of likely N-dealkylation sites (N-methyl/N-ethyl adjacent to an activating group) is 1. The van der Waals surface area contributed by atoms with Gasteiger partial charge in [0.05, 0.1) is 12.6 Å². The molecule has 2 amide bonds. The first-order valence-electron chi connectivity index (χ1n) is 11.9. The predicted molar refractivity (Wildman–Crippen MR) is 121 cm³/mol. The van der Waals surface area contributed by atoms with Crippen molar-refractivity contribution in [2.75, 3.05) is 33.2 Å². The standard InChI is InChI=1S/C24H42N4O3/c1-19(2)28(22(30)31-23(3,4)5)16-20-11-10-14-27(15-20)17-21(29)26(6)24(18-25)12-8-7-9-13-24/h19-20H,7-17H2,1-6H3. The molecular formula is C24H42N4O3. The number of nitriles is 1. The van der Waals surface area contributed by atoms with Crippen molar-refractivity contribution < 1.29 is 14.3 Å². The fourth-order valence-corrected chi connectivity index (χ4v) is 4.73. The van der Waals surface area contributed by atoms with E-state index in [0.29, 0.717) is 19.0 Å². The zero-order chi connectivity index (χ0) is 23.2. The third-order valence-corrected chi connectivity index (χ3v) is 6.57. The molecule has 31 heavy (non-hydrogen) atoms. The molecule has 2 fully saturated rings. The van der Waals surface area contributed by atoms with Gasteiger partial charge in [-0.1, -0.05) is 19.3 Å². The summed E-state index contributed by atoms with van der Waals surface area (Å²) in [6.07, 6.45) is 6.47. The molecule has 1 aliphatic heterocycles.